The molecule has 0 spiro atoms. The van der Waals surface area contributed by atoms with Crippen LogP contribution in [0.15, 0.2) is 71.9 Å². The largest absolute Gasteiger partial charge is 0.497 e. The number of aliphatic imine (C=N–C) groups is 1. The van der Waals surface area contributed by atoms with E-state index in [0.29, 0.717) is 0 Å². The maximum absolute atomic E-state index is 5.14. The first-order valence-electron chi connectivity index (χ1n) is 7.19. The van der Waals surface area contributed by atoms with Crippen molar-refractivity contribution in [1.29, 1.82) is 0 Å². The van der Waals surface area contributed by atoms with Crippen LogP contribution in [0.3, 0.4) is 0 Å². The van der Waals surface area contributed by atoms with Crippen molar-refractivity contribution in [2.75, 3.05) is 7.11 Å². The summed E-state index contributed by atoms with van der Waals surface area (Å²) in [5.74, 6) is 0.838. The van der Waals surface area contributed by atoms with Crippen molar-refractivity contribution in [2.24, 2.45) is 4.99 Å². The van der Waals surface area contributed by atoms with Gasteiger partial charge in [-0.25, -0.2) is 0 Å². The fourth-order valence-electron chi connectivity index (χ4n) is 2.35. The van der Waals surface area contributed by atoms with Gasteiger partial charge >= 0.3 is 0 Å². The summed E-state index contributed by atoms with van der Waals surface area (Å²) < 4.78 is 7.31. The first-order chi connectivity index (χ1) is 10.8. The smallest absolute Gasteiger partial charge is 0.119 e. The molecule has 2 aromatic carbocycles. The van der Waals surface area contributed by atoms with Crippen LogP contribution in [0.25, 0.3) is 5.69 Å². The molecule has 1 aromatic heterocycles. The third kappa shape index (κ3) is 3.09. The lowest BCUT2D eigenvalue weighted by atomic mass is 10.3. The highest BCUT2D eigenvalue weighted by Crippen LogP contribution is 2.18. The van der Waals surface area contributed by atoms with Crippen LogP contribution in [0.5, 0.6) is 5.75 Å². The minimum Gasteiger partial charge on any atom is -0.497 e. The Balaban J connectivity index is 1.82. The Bertz CT molecular complexity index is 771. The molecule has 3 heteroatoms. The van der Waals surface area contributed by atoms with Gasteiger partial charge in [0, 0.05) is 29.4 Å². The van der Waals surface area contributed by atoms with E-state index >= 15 is 0 Å². The van der Waals surface area contributed by atoms with E-state index in [1.807, 2.05) is 48.7 Å². The number of aryl methyl sites for hydroxylation is 1. The van der Waals surface area contributed by atoms with Crippen molar-refractivity contribution in [3.05, 3.63) is 78.1 Å². The van der Waals surface area contributed by atoms with Gasteiger partial charge in [0.2, 0.25) is 0 Å². The second-order valence-corrected chi connectivity index (χ2v) is 5.08. The summed E-state index contributed by atoms with van der Waals surface area (Å²) in [6.07, 6.45) is 3.98. The highest BCUT2D eigenvalue weighted by molar-refractivity contribution is 5.82. The Morgan fingerprint density at radius 1 is 1.00 bits per heavy atom. The van der Waals surface area contributed by atoms with Gasteiger partial charge in [-0.05, 0) is 49.4 Å². The van der Waals surface area contributed by atoms with E-state index in [1.165, 1.54) is 5.69 Å². The monoisotopic (exact) mass is 290 g/mol. The van der Waals surface area contributed by atoms with Gasteiger partial charge in [-0.1, -0.05) is 18.2 Å². The minimum atomic E-state index is 0.838. The number of nitrogens with zero attached hydrogens (tertiary/aromatic N) is 2. The molecular weight excluding hydrogens is 272 g/mol. The molecule has 0 unspecified atom stereocenters. The average Bonchev–Trinajstić information content (AvgIpc) is 2.95. The first kappa shape index (κ1) is 14.1. The SMILES string of the molecule is COc1ccc(N=Cc2cc(C)n(-c3ccccc3)c2)cc1. The molecule has 0 radical (unpaired) electrons. The van der Waals surface area contributed by atoms with Crippen LogP contribution in [-0.4, -0.2) is 17.9 Å². The van der Waals surface area contributed by atoms with Crippen molar-refractivity contribution in [2.45, 2.75) is 6.92 Å². The van der Waals surface area contributed by atoms with Crippen LogP contribution in [-0.2, 0) is 0 Å². The standard InChI is InChI=1S/C19H18N2O/c1-15-12-16(14-21(15)18-6-4-3-5-7-18)13-20-17-8-10-19(22-2)11-9-17/h3-14H,1-2H3. The third-order valence-corrected chi connectivity index (χ3v) is 3.50. The van der Waals surface area contributed by atoms with E-state index < -0.39 is 0 Å². The molecule has 0 aliphatic carbocycles. The zero-order valence-corrected chi connectivity index (χ0v) is 12.7. The topological polar surface area (TPSA) is 26.5 Å². The Morgan fingerprint density at radius 2 is 1.73 bits per heavy atom. The van der Waals surface area contributed by atoms with Crippen LogP contribution < -0.4 is 4.74 Å². The van der Waals surface area contributed by atoms with Crippen molar-refractivity contribution in [1.82, 2.24) is 4.57 Å². The molecule has 0 N–H and O–H groups in total. The molecule has 0 aliphatic heterocycles. The number of benzene rings is 2. The van der Waals surface area contributed by atoms with Gasteiger partial charge in [0.05, 0.1) is 12.8 Å². The van der Waals surface area contributed by atoms with Crippen LogP contribution in [0, 0.1) is 6.92 Å². The number of para-hydroxylation sites is 1. The van der Waals surface area contributed by atoms with Gasteiger partial charge < -0.3 is 9.30 Å². The van der Waals surface area contributed by atoms with E-state index in [1.54, 1.807) is 7.11 Å². The summed E-state index contributed by atoms with van der Waals surface area (Å²) in [4.78, 5) is 4.51. The zero-order valence-electron chi connectivity index (χ0n) is 12.7. The molecule has 22 heavy (non-hydrogen) atoms. The lowest BCUT2D eigenvalue weighted by Gasteiger charge is -2.04. The van der Waals surface area contributed by atoms with E-state index in [-0.39, 0.29) is 0 Å². The predicted octanol–water partition coefficient (Wildman–Crippen LogP) is 4.54. The first-order valence-corrected chi connectivity index (χ1v) is 7.19. The second-order valence-electron chi connectivity index (χ2n) is 5.08. The van der Waals surface area contributed by atoms with E-state index in [4.69, 9.17) is 4.74 Å². The molecule has 0 amide bonds. The summed E-state index contributed by atoms with van der Waals surface area (Å²) >= 11 is 0. The van der Waals surface area contributed by atoms with Crippen LogP contribution in [0.2, 0.25) is 0 Å². The van der Waals surface area contributed by atoms with Gasteiger partial charge in [-0.15, -0.1) is 0 Å². The Labute approximate surface area is 130 Å². The second kappa shape index (κ2) is 6.31. The normalized spacial score (nSPS) is 11.0. The van der Waals surface area contributed by atoms with Gasteiger partial charge in [0.1, 0.15) is 5.75 Å². The quantitative estimate of drug-likeness (QED) is 0.648. The molecule has 1 heterocycles. The van der Waals surface area contributed by atoms with E-state index in [0.717, 1.165) is 22.7 Å². The molecular formula is C19H18N2O. The van der Waals surface area contributed by atoms with Gasteiger partial charge in [0.15, 0.2) is 0 Å². The molecule has 3 rings (SSSR count). The van der Waals surface area contributed by atoms with Crippen LogP contribution in [0.1, 0.15) is 11.3 Å². The molecule has 3 aromatic rings. The number of hydrogen-bond donors (Lipinski definition) is 0. The van der Waals surface area contributed by atoms with Gasteiger partial charge in [-0.2, -0.15) is 0 Å². The average molecular weight is 290 g/mol. The number of methoxy groups -OCH3 is 1. The number of hydrogen-bond acceptors (Lipinski definition) is 2. The molecule has 3 nitrogen and oxygen atoms in total. The maximum atomic E-state index is 5.14. The Kier molecular flexibility index (Phi) is 4.05. The van der Waals surface area contributed by atoms with Crippen molar-refractivity contribution >= 4 is 11.9 Å². The fraction of sp³-hybridized carbons (Fsp3) is 0.105. The Hall–Kier alpha value is -2.81. The molecule has 0 saturated carbocycles. The van der Waals surface area contributed by atoms with Crippen LogP contribution >= 0.6 is 0 Å². The number of aromatic nitrogens is 1. The fourth-order valence-corrected chi connectivity index (χ4v) is 2.35. The minimum absolute atomic E-state index is 0.838. The molecule has 0 saturated heterocycles. The van der Waals surface area contributed by atoms with Gasteiger partial charge in [0.25, 0.3) is 0 Å². The third-order valence-electron chi connectivity index (χ3n) is 3.50. The lowest BCUT2D eigenvalue weighted by Crippen LogP contribution is -1.93. The van der Waals surface area contributed by atoms with Crippen molar-refractivity contribution < 1.29 is 4.74 Å². The number of ether oxygens (including phenoxy) is 1. The summed E-state index contributed by atoms with van der Waals surface area (Å²) in [6.45, 7) is 2.09. The van der Waals surface area contributed by atoms with Crippen molar-refractivity contribution in [3.63, 3.8) is 0 Å². The molecule has 0 aliphatic rings. The number of rotatable bonds is 4. The summed E-state index contributed by atoms with van der Waals surface area (Å²) in [7, 11) is 1.66. The molecule has 110 valence electrons. The van der Waals surface area contributed by atoms with Gasteiger partial charge in [-0.3, -0.25) is 4.99 Å². The lowest BCUT2D eigenvalue weighted by molar-refractivity contribution is 0.415. The highest BCUT2D eigenvalue weighted by atomic mass is 16.5. The molecule has 0 fully saturated rings. The summed E-state index contributed by atoms with van der Waals surface area (Å²) in [5, 5.41) is 0. The predicted molar refractivity (Wildman–Crippen MR) is 90.8 cm³/mol. The summed E-state index contributed by atoms with van der Waals surface area (Å²) in [5.41, 5.74) is 4.33. The van der Waals surface area contributed by atoms with Crippen molar-refractivity contribution in [3.8, 4) is 11.4 Å². The summed E-state index contributed by atoms with van der Waals surface area (Å²) in [6, 6.07) is 20.1. The molecule has 0 bridgehead atoms. The molecule has 0 atom stereocenters. The Morgan fingerprint density at radius 3 is 2.41 bits per heavy atom. The van der Waals surface area contributed by atoms with E-state index in [2.05, 4.69) is 40.9 Å². The van der Waals surface area contributed by atoms with Crippen LogP contribution in [0.4, 0.5) is 5.69 Å². The zero-order chi connectivity index (χ0) is 15.4. The maximum Gasteiger partial charge on any atom is 0.119 e. The van der Waals surface area contributed by atoms with E-state index in [9.17, 15) is 0 Å². The highest BCUT2D eigenvalue weighted by Gasteiger charge is 2.02.